The van der Waals surface area contributed by atoms with Gasteiger partial charge in [0, 0.05) is 30.6 Å². The van der Waals surface area contributed by atoms with Gasteiger partial charge < -0.3 is 18.9 Å². The Balaban J connectivity index is 1.28. The number of ether oxygens (including phenoxy) is 4. The molecule has 0 saturated carbocycles. The SMILES string of the molecule is CCCN1CC(Oc2ccc(C3Oc4cc(OC5CCCCO5)ccc4C(=O)C3c3ccc(F)cc3Cl)cc2)C1. The molecule has 6 rings (SSSR count). The van der Waals surface area contributed by atoms with Gasteiger partial charge in [-0.15, -0.1) is 0 Å². The van der Waals surface area contributed by atoms with Crippen molar-refractivity contribution < 1.29 is 28.1 Å². The number of carbonyl (C=O) groups excluding carboxylic acids is 1. The fraction of sp³-hybridized carbons (Fsp3) is 0.406. The Kier molecular flexibility index (Phi) is 7.96. The third-order valence-corrected chi connectivity index (χ3v) is 8.06. The molecule has 2 saturated heterocycles. The Morgan fingerprint density at radius 3 is 2.52 bits per heavy atom. The Morgan fingerprint density at radius 2 is 1.80 bits per heavy atom. The minimum absolute atomic E-state index is 0.147. The van der Waals surface area contributed by atoms with Crippen molar-refractivity contribution in [2.24, 2.45) is 0 Å². The summed E-state index contributed by atoms with van der Waals surface area (Å²) < 4.78 is 38.3. The van der Waals surface area contributed by atoms with Gasteiger partial charge in [0.05, 0.1) is 18.1 Å². The molecule has 2 fully saturated rings. The molecule has 3 heterocycles. The Morgan fingerprint density at radius 1 is 1.00 bits per heavy atom. The molecule has 210 valence electrons. The van der Waals surface area contributed by atoms with Crippen molar-refractivity contribution in [1.82, 2.24) is 4.90 Å². The standard InChI is InChI=1S/C32H33ClFNO5/c1-2-14-35-18-24(19-35)38-22-9-6-20(7-10-22)32-30(25-12-8-21(34)16-27(25)33)31(36)26-13-11-23(17-28(26)40-32)39-29-5-3-4-15-37-29/h6-13,16-17,24,29-30,32H,2-5,14-15,18-19H2,1H3. The summed E-state index contributed by atoms with van der Waals surface area (Å²) in [6.07, 6.45) is 3.20. The van der Waals surface area contributed by atoms with E-state index in [0.717, 1.165) is 56.6 Å². The molecule has 3 aliphatic heterocycles. The summed E-state index contributed by atoms with van der Waals surface area (Å²) in [6, 6.07) is 17.0. The summed E-state index contributed by atoms with van der Waals surface area (Å²) in [5.41, 5.74) is 1.74. The van der Waals surface area contributed by atoms with E-state index >= 15 is 0 Å². The van der Waals surface area contributed by atoms with Gasteiger partial charge in [-0.25, -0.2) is 4.39 Å². The van der Waals surface area contributed by atoms with Gasteiger partial charge in [-0.3, -0.25) is 9.69 Å². The normalized spacial score (nSPS) is 23.2. The largest absolute Gasteiger partial charge is 0.488 e. The first-order valence-electron chi connectivity index (χ1n) is 14.1. The summed E-state index contributed by atoms with van der Waals surface area (Å²) in [5, 5.41) is 0.186. The lowest BCUT2D eigenvalue weighted by Gasteiger charge is -2.39. The first-order chi connectivity index (χ1) is 19.5. The molecule has 3 aliphatic rings. The molecular weight excluding hydrogens is 533 g/mol. The molecule has 0 aromatic heterocycles. The molecule has 3 aromatic rings. The highest BCUT2D eigenvalue weighted by molar-refractivity contribution is 6.31. The summed E-state index contributed by atoms with van der Waals surface area (Å²) in [5.74, 6) is 0.421. The van der Waals surface area contributed by atoms with Crippen LogP contribution in [-0.4, -0.2) is 49.3 Å². The average molecular weight is 566 g/mol. The van der Waals surface area contributed by atoms with E-state index in [1.54, 1.807) is 24.3 Å². The summed E-state index contributed by atoms with van der Waals surface area (Å²) in [6.45, 7) is 5.78. The van der Waals surface area contributed by atoms with E-state index in [4.69, 9.17) is 30.5 Å². The van der Waals surface area contributed by atoms with Crippen LogP contribution in [0.2, 0.25) is 5.02 Å². The van der Waals surface area contributed by atoms with Crippen LogP contribution >= 0.6 is 11.6 Å². The summed E-state index contributed by atoms with van der Waals surface area (Å²) >= 11 is 6.48. The van der Waals surface area contributed by atoms with Crippen LogP contribution in [0.5, 0.6) is 17.2 Å². The van der Waals surface area contributed by atoms with E-state index < -0.39 is 17.8 Å². The number of ketones is 1. The number of fused-ring (bicyclic) bond motifs is 1. The van der Waals surface area contributed by atoms with Crippen molar-refractivity contribution in [3.8, 4) is 17.2 Å². The number of likely N-dealkylation sites (tertiary alicyclic amines) is 1. The van der Waals surface area contributed by atoms with Crippen molar-refractivity contribution in [2.75, 3.05) is 26.2 Å². The number of hydrogen-bond donors (Lipinski definition) is 0. The lowest BCUT2D eigenvalue weighted by molar-refractivity contribution is -0.106. The fourth-order valence-electron chi connectivity index (χ4n) is 5.69. The first-order valence-corrected chi connectivity index (χ1v) is 14.4. The highest BCUT2D eigenvalue weighted by atomic mass is 35.5. The van der Waals surface area contributed by atoms with Crippen LogP contribution < -0.4 is 14.2 Å². The molecule has 40 heavy (non-hydrogen) atoms. The van der Waals surface area contributed by atoms with E-state index in [1.807, 2.05) is 24.3 Å². The highest BCUT2D eigenvalue weighted by Crippen LogP contribution is 2.47. The quantitative estimate of drug-likeness (QED) is 0.294. The predicted octanol–water partition coefficient (Wildman–Crippen LogP) is 6.96. The van der Waals surface area contributed by atoms with E-state index in [2.05, 4.69) is 11.8 Å². The Bertz CT molecular complexity index is 1350. The molecule has 3 unspecified atom stereocenters. The smallest absolute Gasteiger partial charge is 0.199 e. The zero-order valence-corrected chi connectivity index (χ0v) is 23.2. The monoisotopic (exact) mass is 565 g/mol. The second-order valence-electron chi connectivity index (χ2n) is 10.7. The van der Waals surface area contributed by atoms with Crippen LogP contribution in [0.3, 0.4) is 0 Å². The van der Waals surface area contributed by atoms with E-state index in [9.17, 15) is 9.18 Å². The number of carbonyl (C=O) groups is 1. The molecule has 0 bridgehead atoms. The minimum Gasteiger partial charge on any atom is -0.488 e. The van der Waals surface area contributed by atoms with E-state index in [1.165, 1.54) is 12.1 Å². The van der Waals surface area contributed by atoms with Crippen LogP contribution in [0.4, 0.5) is 4.39 Å². The van der Waals surface area contributed by atoms with Gasteiger partial charge in [-0.2, -0.15) is 0 Å². The molecule has 0 aliphatic carbocycles. The third-order valence-electron chi connectivity index (χ3n) is 7.74. The molecule has 0 N–H and O–H groups in total. The lowest BCUT2D eigenvalue weighted by atomic mass is 9.81. The van der Waals surface area contributed by atoms with Crippen LogP contribution in [0.1, 0.15) is 66.1 Å². The van der Waals surface area contributed by atoms with Crippen molar-refractivity contribution >= 4 is 17.4 Å². The molecule has 3 atom stereocenters. The fourth-order valence-corrected chi connectivity index (χ4v) is 5.97. The number of nitrogens with zero attached hydrogens (tertiary/aromatic N) is 1. The molecule has 0 radical (unpaired) electrons. The molecule has 3 aromatic carbocycles. The van der Waals surface area contributed by atoms with Gasteiger partial charge in [0.2, 0.25) is 0 Å². The van der Waals surface area contributed by atoms with Crippen LogP contribution in [0.15, 0.2) is 60.7 Å². The van der Waals surface area contributed by atoms with Crippen molar-refractivity contribution in [3.63, 3.8) is 0 Å². The minimum atomic E-state index is -0.755. The second-order valence-corrected chi connectivity index (χ2v) is 11.1. The number of hydrogen-bond acceptors (Lipinski definition) is 6. The second kappa shape index (κ2) is 11.8. The van der Waals surface area contributed by atoms with Gasteiger partial charge in [-0.05, 0) is 73.3 Å². The average Bonchev–Trinajstić information content (AvgIpc) is 2.93. The van der Waals surface area contributed by atoms with Gasteiger partial charge >= 0.3 is 0 Å². The van der Waals surface area contributed by atoms with E-state index in [-0.39, 0.29) is 23.2 Å². The van der Waals surface area contributed by atoms with Crippen molar-refractivity contribution in [3.05, 3.63) is 88.2 Å². The van der Waals surface area contributed by atoms with Crippen LogP contribution in [0, 0.1) is 5.82 Å². The molecular formula is C32H33ClFNO5. The summed E-state index contributed by atoms with van der Waals surface area (Å²) in [4.78, 5) is 16.3. The van der Waals surface area contributed by atoms with Gasteiger partial charge in [0.15, 0.2) is 12.1 Å². The van der Waals surface area contributed by atoms with E-state index in [0.29, 0.717) is 29.2 Å². The van der Waals surface area contributed by atoms with Gasteiger partial charge in [0.1, 0.15) is 35.3 Å². The zero-order chi connectivity index (χ0) is 27.6. The Labute approximate surface area is 238 Å². The predicted molar refractivity (Wildman–Crippen MR) is 150 cm³/mol. The number of rotatable bonds is 8. The maximum absolute atomic E-state index is 14.0. The van der Waals surface area contributed by atoms with Crippen LogP contribution in [-0.2, 0) is 4.74 Å². The topological polar surface area (TPSA) is 57.2 Å². The molecule has 8 heteroatoms. The molecule has 0 spiro atoms. The van der Waals surface area contributed by atoms with Gasteiger partial charge in [0.25, 0.3) is 0 Å². The Hall–Kier alpha value is -3.13. The maximum Gasteiger partial charge on any atom is 0.199 e. The molecule has 6 nitrogen and oxygen atoms in total. The van der Waals surface area contributed by atoms with Crippen LogP contribution in [0.25, 0.3) is 0 Å². The third kappa shape index (κ3) is 5.69. The lowest BCUT2D eigenvalue weighted by Crippen LogP contribution is -2.53. The highest BCUT2D eigenvalue weighted by Gasteiger charge is 2.41. The zero-order valence-electron chi connectivity index (χ0n) is 22.5. The van der Waals surface area contributed by atoms with Crippen molar-refractivity contribution in [1.29, 1.82) is 0 Å². The van der Waals surface area contributed by atoms with Crippen molar-refractivity contribution in [2.45, 2.75) is 57.0 Å². The summed E-state index contributed by atoms with van der Waals surface area (Å²) in [7, 11) is 0. The maximum atomic E-state index is 14.0. The number of benzene rings is 3. The molecule has 0 amide bonds. The number of halogens is 2. The number of Topliss-reactive ketones (excluding diaryl/α,β-unsaturated/α-hetero) is 1. The van der Waals surface area contributed by atoms with Gasteiger partial charge in [-0.1, -0.05) is 36.7 Å². The first kappa shape index (κ1) is 27.1.